The topological polar surface area (TPSA) is 63.2 Å². The molecule has 0 aliphatic carbocycles. The van der Waals surface area contributed by atoms with Crippen molar-refractivity contribution in [3.8, 4) is 0 Å². The number of sulfonamides is 1. The van der Waals surface area contributed by atoms with Gasteiger partial charge in [0.15, 0.2) is 5.78 Å². The van der Waals surface area contributed by atoms with E-state index in [4.69, 9.17) is 0 Å². The fraction of sp³-hybridized carbons (Fsp3) is 0.235. The van der Waals surface area contributed by atoms with Crippen LogP contribution in [0.1, 0.15) is 41.4 Å². The number of ketones is 1. The molecule has 1 N–H and O–H groups in total. The molecule has 116 valence electrons. The highest BCUT2D eigenvalue weighted by Crippen LogP contribution is 2.20. The van der Waals surface area contributed by atoms with Crippen molar-refractivity contribution in [1.29, 1.82) is 0 Å². The van der Waals surface area contributed by atoms with E-state index in [1.807, 2.05) is 38.1 Å². The standard InChI is InChI=1S/C17H19NO3S/c1-12-6-4-5-7-17(12)13(2)18-22(20,21)16-10-8-15(9-11-16)14(3)19/h4-11,13,18H,1-3H3. The second-order valence-corrected chi connectivity index (χ2v) is 6.99. The zero-order chi connectivity index (χ0) is 16.3. The van der Waals surface area contributed by atoms with Gasteiger partial charge in [0, 0.05) is 11.6 Å². The third kappa shape index (κ3) is 3.61. The van der Waals surface area contributed by atoms with Crippen LogP contribution in [0.2, 0.25) is 0 Å². The number of carbonyl (C=O) groups is 1. The Balaban J connectivity index is 2.24. The molecule has 0 spiro atoms. The first-order valence-electron chi connectivity index (χ1n) is 7.00. The minimum absolute atomic E-state index is 0.0924. The van der Waals surface area contributed by atoms with E-state index in [0.717, 1.165) is 11.1 Å². The maximum atomic E-state index is 12.4. The van der Waals surface area contributed by atoms with Crippen molar-refractivity contribution in [3.05, 3.63) is 65.2 Å². The van der Waals surface area contributed by atoms with Gasteiger partial charge in [0.2, 0.25) is 10.0 Å². The van der Waals surface area contributed by atoms with Crippen LogP contribution in [-0.4, -0.2) is 14.2 Å². The summed E-state index contributed by atoms with van der Waals surface area (Å²) in [6.45, 7) is 5.20. The lowest BCUT2D eigenvalue weighted by Crippen LogP contribution is -2.27. The summed E-state index contributed by atoms with van der Waals surface area (Å²) in [6, 6.07) is 13.3. The Morgan fingerprint density at radius 1 is 1.05 bits per heavy atom. The van der Waals surface area contributed by atoms with Crippen LogP contribution in [0.5, 0.6) is 0 Å². The molecule has 5 heteroatoms. The van der Waals surface area contributed by atoms with Crippen LogP contribution in [0.4, 0.5) is 0 Å². The molecule has 2 aromatic rings. The number of Topliss-reactive ketones (excluding diaryl/α,β-unsaturated/α-hetero) is 1. The molecule has 0 amide bonds. The normalized spacial score (nSPS) is 12.9. The Morgan fingerprint density at radius 2 is 1.64 bits per heavy atom. The summed E-state index contributed by atoms with van der Waals surface area (Å²) < 4.78 is 27.5. The van der Waals surface area contributed by atoms with Crippen molar-refractivity contribution in [3.63, 3.8) is 0 Å². The van der Waals surface area contributed by atoms with E-state index in [-0.39, 0.29) is 16.7 Å². The maximum Gasteiger partial charge on any atom is 0.241 e. The van der Waals surface area contributed by atoms with Crippen LogP contribution >= 0.6 is 0 Å². The van der Waals surface area contributed by atoms with Crippen LogP contribution < -0.4 is 4.72 Å². The maximum absolute atomic E-state index is 12.4. The lowest BCUT2D eigenvalue weighted by Gasteiger charge is -2.16. The summed E-state index contributed by atoms with van der Waals surface area (Å²) in [5.74, 6) is -0.0924. The number of hydrogen-bond donors (Lipinski definition) is 1. The predicted octanol–water partition coefficient (Wildman–Crippen LogP) is 3.24. The molecule has 2 rings (SSSR count). The van der Waals surface area contributed by atoms with Crippen LogP contribution in [0.3, 0.4) is 0 Å². The van der Waals surface area contributed by atoms with Crippen molar-refractivity contribution in [2.75, 3.05) is 0 Å². The summed E-state index contributed by atoms with van der Waals surface area (Å²) in [7, 11) is -3.63. The van der Waals surface area contributed by atoms with E-state index in [1.54, 1.807) is 0 Å². The van der Waals surface area contributed by atoms with Gasteiger partial charge in [-0.3, -0.25) is 4.79 Å². The molecule has 0 bridgehead atoms. The number of carbonyl (C=O) groups excluding carboxylic acids is 1. The molecule has 1 unspecified atom stereocenters. The van der Waals surface area contributed by atoms with E-state index >= 15 is 0 Å². The minimum Gasteiger partial charge on any atom is -0.295 e. The van der Waals surface area contributed by atoms with E-state index in [1.165, 1.54) is 31.2 Å². The second kappa shape index (κ2) is 6.42. The average Bonchev–Trinajstić information content (AvgIpc) is 2.47. The number of rotatable bonds is 5. The van der Waals surface area contributed by atoms with Crippen LogP contribution in [0.15, 0.2) is 53.4 Å². The summed E-state index contributed by atoms with van der Waals surface area (Å²) in [5, 5.41) is 0. The summed E-state index contributed by atoms with van der Waals surface area (Å²) >= 11 is 0. The predicted molar refractivity (Wildman–Crippen MR) is 86.4 cm³/mol. The van der Waals surface area contributed by atoms with E-state index in [0.29, 0.717) is 5.56 Å². The van der Waals surface area contributed by atoms with Gasteiger partial charge in [-0.2, -0.15) is 0 Å². The lowest BCUT2D eigenvalue weighted by molar-refractivity contribution is 0.101. The molecule has 0 saturated carbocycles. The van der Waals surface area contributed by atoms with Crippen molar-refractivity contribution in [2.45, 2.75) is 31.7 Å². The number of hydrogen-bond acceptors (Lipinski definition) is 3. The first kappa shape index (κ1) is 16.4. The summed E-state index contributed by atoms with van der Waals surface area (Å²) in [6.07, 6.45) is 0. The molecule has 0 fully saturated rings. The fourth-order valence-electron chi connectivity index (χ4n) is 2.31. The molecule has 1 atom stereocenters. The Labute approximate surface area is 131 Å². The third-order valence-corrected chi connectivity index (χ3v) is 5.11. The van der Waals surface area contributed by atoms with Crippen molar-refractivity contribution in [2.24, 2.45) is 0 Å². The third-order valence-electron chi connectivity index (χ3n) is 3.56. The Kier molecular flexibility index (Phi) is 4.78. The summed E-state index contributed by atoms with van der Waals surface area (Å²) in [5.41, 5.74) is 2.46. The number of benzene rings is 2. The molecular weight excluding hydrogens is 298 g/mol. The second-order valence-electron chi connectivity index (χ2n) is 5.28. The molecule has 0 radical (unpaired) electrons. The van der Waals surface area contributed by atoms with Crippen molar-refractivity contribution < 1.29 is 13.2 Å². The van der Waals surface area contributed by atoms with Crippen molar-refractivity contribution in [1.82, 2.24) is 4.72 Å². The Hall–Kier alpha value is -1.98. The Morgan fingerprint density at radius 3 is 2.18 bits per heavy atom. The molecule has 2 aromatic carbocycles. The average molecular weight is 317 g/mol. The zero-order valence-electron chi connectivity index (χ0n) is 12.8. The molecule has 0 heterocycles. The van der Waals surface area contributed by atoms with Gasteiger partial charge in [-0.1, -0.05) is 36.4 Å². The SMILES string of the molecule is CC(=O)c1ccc(S(=O)(=O)NC(C)c2ccccc2C)cc1. The quantitative estimate of drug-likeness (QED) is 0.861. The van der Waals surface area contributed by atoms with E-state index in [2.05, 4.69) is 4.72 Å². The highest BCUT2D eigenvalue weighted by molar-refractivity contribution is 7.89. The highest BCUT2D eigenvalue weighted by Gasteiger charge is 2.19. The van der Waals surface area contributed by atoms with Gasteiger partial charge < -0.3 is 0 Å². The molecule has 4 nitrogen and oxygen atoms in total. The van der Waals surface area contributed by atoms with Gasteiger partial charge in [0.1, 0.15) is 0 Å². The molecule has 22 heavy (non-hydrogen) atoms. The van der Waals surface area contributed by atoms with Crippen LogP contribution in [-0.2, 0) is 10.0 Å². The molecule has 0 aliphatic heterocycles. The van der Waals surface area contributed by atoms with Crippen molar-refractivity contribution >= 4 is 15.8 Å². The van der Waals surface area contributed by atoms with Gasteiger partial charge in [-0.25, -0.2) is 13.1 Å². The van der Waals surface area contributed by atoms with Gasteiger partial charge in [0.05, 0.1) is 4.90 Å². The van der Waals surface area contributed by atoms with Gasteiger partial charge in [-0.15, -0.1) is 0 Å². The molecule has 0 saturated heterocycles. The number of nitrogens with one attached hydrogen (secondary N) is 1. The minimum atomic E-state index is -3.63. The Bertz CT molecular complexity index is 780. The molecular formula is C17H19NO3S. The highest BCUT2D eigenvalue weighted by atomic mass is 32.2. The first-order valence-corrected chi connectivity index (χ1v) is 8.48. The van der Waals surface area contributed by atoms with Crippen LogP contribution in [0.25, 0.3) is 0 Å². The monoisotopic (exact) mass is 317 g/mol. The molecule has 0 aromatic heterocycles. The molecule has 0 aliphatic rings. The van der Waals surface area contributed by atoms with E-state index in [9.17, 15) is 13.2 Å². The van der Waals surface area contributed by atoms with Gasteiger partial charge in [-0.05, 0) is 44.0 Å². The summed E-state index contributed by atoms with van der Waals surface area (Å²) in [4.78, 5) is 11.4. The number of aryl methyl sites for hydroxylation is 1. The zero-order valence-corrected chi connectivity index (χ0v) is 13.6. The largest absolute Gasteiger partial charge is 0.295 e. The van der Waals surface area contributed by atoms with E-state index < -0.39 is 10.0 Å². The lowest BCUT2D eigenvalue weighted by atomic mass is 10.0. The smallest absolute Gasteiger partial charge is 0.241 e. The van der Waals surface area contributed by atoms with Gasteiger partial charge in [0.25, 0.3) is 0 Å². The van der Waals surface area contributed by atoms with Crippen LogP contribution in [0, 0.1) is 6.92 Å². The fourth-order valence-corrected chi connectivity index (χ4v) is 3.53. The first-order chi connectivity index (χ1) is 10.3. The van der Waals surface area contributed by atoms with Gasteiger partial charge >= 0.3 is 0 Å².